The van der Waals surface area contributed by atoms with Crippen LogP contribution < -0.4 is 0 Å². The van der Waals surface area contributed by atoms with Gasteiger partial charge in [0.15, 0.2) is 0 Å². The van der Waals surface area contributed by atoms with Crippen molar-refractivity contribution in [2.45, 2.75) is 49.1 Å². The highest BCUT2D eigenvalue weighted by Crippen LogP contribution is 2.65. The van der Waals surface area contributed by atoms with Gasteiger partial charge in [0, 0.05) is 5.92 Å². The minimum Gasteiger partial charge on any atom is -0.377 e. The molecule has 2 aliphatic rings. The lowest BCUT2D eigenvalue weighted by Gasteiger charge is -2.48. The van der Waals surface area contributed by atoms with Gasteiger partial charge in [-0.15, -0.1) is 6.58 Å². The van der Waals surface area contributed by atoms with Crippen molar-refractivity contribution < 1.29 is 49.0 Å². The number of hydrogen-bond acceptors (Lipinski definition) is 1. The summed E-state index contributed by atoms with van der Waals surface area (Å²) in [6.45, 7) is 3.30. The minimum absolute atomic E-state index is 0.120. The van der Waals surface area contributed by atoms with Gasteiger partial charge in [0.1, 0.15) is 0 Å². The van der Waals surface area contributed by atoms with Gasteiger partial charge < -0.3 is 5.11 Å². The van der Waals surface area contributed by atoms with Crippen molar-refractivity contribution in [1.29, 1.82) is 0 Å². The highest BCUT2D eigenvalue weighted by atomic mass is 19.4. The summed E-state index contributed by atoms with van der Waals surface area (Å²) in [6.07, 6.45) is -13.1. The van der Waals surface area contributed by atoms with E-state index in [9.17, 15) is 49.0 Å². The average Bonchev–Trinajstić information content (AvgIpc) is 3.03. The predicted molar refractivity (Wildman–Crippen MR) is 65.0 cm³/mol. The number of fused-ring (bicyclic) bond motifs is 2. The summed E-state index contributed by atoms with van der Waals surface area (Å²) in [5.74, 6) is -18.7. The van der Waals surface area contributed by atoms with Gasteiger partial charge >= 0.3 is 24.2 Å². The molecule has 25 heavy (non-hydrogen) atoms. The third-order valence-electron chi connectivity index (χ3n) is 5.37. The van der Waals surface area contributed by atoms with Gasteiger partial charge in [-0.3, -0.25) is 0 Å². The zero-order valence-corrected chi connectivity index (χ0v) is 12.4. The van der Waals surface area contributed by atoms with E-state index in [0.717, 1.165) is 6.08 Å². The average molecular weight is 388 g/mol. The molecule has 146 valence electrons. The Morgan fingerprint density at radius 1 is 0.760 bits per heavy atom. The fourth-order valence-corrected chi connectivity index (χ4v) is 4.25. The Hall–Kier alpha value is -1.00. The highest BCUT2D eigenvalue weighted by molar-refractivity contribution is 5.18. The van der Waals surface area contributed by atoms with Crippen LogP contribution in [-0.4, -0.2) is 34.9 Å². The molecule has 2 rings (SSSR count). The molecule has 0 aliphatic heterocycles. The first-order valence-electron chi connectivity index (χ1n) is 7.26. The Morgan fingerprint density at radius 2 is 1.20 bits per heavy atom. The summed E-state index contributed by atoms with van der Waals surface area (Å²) in [4.78, 5) is 0. The molecule has 11 heteroatoms. The highest BCUT2D eigenvalue weighted by Gasteiger charge is 2.87. The van der Waals surface area contributed by atoms with E-state index in [4.69, 9.17) is 0 Å². The van der Waals surface area contributed by atoms with Gasteiger partial charge in [0.25, 0.3) is 0 Å². The SMILES string of the molecule is C=CC1CC2CC1C(C(O)(C(F)(F)C(F)(F)F)C(F)(F)C(F)(F)F)C2. The Balaban J connectivity index is 2.65. The van der Waals surface area contributed by atoms with Gasteiger partial charge in [0.2, 0.25) is 5.60 Å². The standard InChI is InChI=1S/C14H14F10O/c1-2-7-3-6-4-8(7)9(5-6)10(25,11(15,16)13(19,20)21)12(17,18)14(22,23)24/h2,6-9,25H,1,3-5H2. The van der Waals surface area contributed by atoms with Crippen LogP contribution in [0, 0.1) is 23.7 Å². The van der Waals surface area contributed by atoms with E-state index in [-0.39, 0.29) is 12.8 Å². The maximum Gasteiger partial charge on any atom is 0.456 e. The van der Waals surface area contributed by atoms with Crippen LogP contribution in [0.4, 0.5) is 43.9 Å². The molecule has 0 amide bonds. The van der Waals surface area contributed by atoms with Crippen molar-refractivity contribution >= 4 is 0 Å². The van der Waals surface area contributed by atoms with Crippen molar-refractivity contribution in [3.63, 3.8) is 0 Å². The lowest BCUT2D eigenvalue weighted by Crippen LogP contribution is -2.74. The molecule has 0 heterocycles. The molecular weight excluding hydrogens is 374 g/mol. The first kappa shape index (κ1) is 20.3. The van der Waals surface area contributed by atoms with E-state index < -0.39 is 59.9 Å². The number of allylic oxidation sites excluding steroid dienone is 1. The first-order valence-corrected chi connectivity index (χ1v) is 7.26. The molecule has 0 radical (unpaired) electrons. The second-order valence-corrected chi connectivity index (χ2v) is 6.65. The maximum absolute atomic E-state index is 13.8. The van der Waals surface area contributed by atoms with Crippen molar-refractivity contribution in [2.75, 3.05) is 0 Å². The van der Waals surface area contributed by atoms with Crippen LogP contribution in [-0.2, 0) is 0 Å². The van der Waals surface area contributed by atoms with Crippen LogP contribution >= 0.6 is 0 Å². The summed E-state index contributed by atoms with van der Waals surface area (Å²) >= 11 is 0. The normalized spacial score (nSPS) is 31.5. The van der Waals surface area contributed by atoms with Crippen LogP contribution in [0.3, 0.4) is 0 Å². The third kappa shape index (κ3) is 2.56. The monoisotopic (exact) mass is 388 g/mol. The Labute approximate surface area is 135 Å². The molecule has 2 bridgehead atoms. The summed E-state index contributed by atoms with van der Waals surface area (Å²) < 4.78 is 131. The summed E-state index contributed by atoms with van der Waals surface area (Å²) in [6, 6.07) is 0. The van der Waals surface area contributed by atoms with Crippen LogP contribution in [0.2, 0.25) is 0 Å². The molecule has 2 aliphatic carbocycles. The topological polar surface area (TPSA) is 20.2 Å². The molecule has 4 atom stereocenters. The van der Waals surface area contributed by atoms with Crippen molar-refractivity contribution in [3.05, 3.63) is 12.7 Å². The number of hydrogen-bond donors (Lipinski definition) is 1. The summed E-state index contributed by atoms with van der Waals surface area (Å²) in [5, 5.41) is 9.80. The fraction of sp³-hybridized carbons (Fsp3) is 0.857. The Kier molecular flexibility index (Phi) is 4.47. The van der Waals surface area contributed by atoms with E-state index in [0.29, 0.717) is 0 Å². The molecule has 2 saturated carbocycles. The largest absolute Gasteiger partial charge is 0.456 e. The predicted octanol–water partition coefficient (Wildman–Crippen LogP) is 4.96. The Bertz CT molecular complexity index is 509. The lowest BCUT2D eigenvalue weighted by atomic mass is 9.66. The van der Waals surface area contributed by atoms with Crippen LogP contribution in [0.15, 0.2) is 12.7 Å². The molecule has 0 aromatic carbocycles. The third-order valence-corrected chi connectivity index (χ3v) is 5.37. The van der Waals surface area contributed by atoms with Crippen LogP contribution in [0.25, 0.3) is 0 Å². The van der Waals surface area contributed by atoms with Gasteiger partial charge in [-0.1, -0.05) is 6.08 Å². The van der Waals surface area contributed by atoms with E-state index in [1.54, 1.807) is 0 Å². The maximum atomic E-state index is 13.8. The molecule has 0 aromatic rings. The molecule has 0 saturated heterocycles. The fourth-order valence-electron chi connectivity index (χ4n) is 4.25. The molecule has 0 spiro atoms. The second-order valence-electron chi connectivity index (χ2n) is 6.65. The summed E-state index contributed by atoms with van der Waals surface area (Å²) in [5.41, 5.74) is -5.64. The molecule has 2 fully saturated rings. The molecule has 4 unspecified atom stereocenters. The summed E-state index contributed by atoms with van der Waals surface area (Å²) in [7, 11) is 0. The lowest BCUT2D eigenvalue weighted by molar-refractivity contribution is -0.437. The van der Waals surface area contributed by atoms with Gasteiger partial charge in [0.05, 0.1) is 0 Å². The van der Waals surface area contributed by atoms with Gasteiger partial charge in [-0.05, 0) is 37.0 Å². The quantitative estimate of drug-likeness (QED) is 0.533. The molecule has 1 N–H and O–H groups in total. The van der Waals surface area contributed by atoms with E-state index in [1.807, 2.05) is 0 Å². The van der Waals surface area contributed by atoms with E-state index in [1.165, 1.54) is 0 Å². The first-order chi connectivity index (χ1) is 11.0. The second kappa shape index (κ2) is 5.50. The smallest absolute Gasteiger partial charge is 0.377 e. The number of aliphatic hydroxyl groups is 1. The van der Waals surface area contributed by atoms with E-state index in [2.05, 4.69) is 6.58 Å². The van der Waals surface area contributed by atoms with Crippen LogP contribution in [0.5, 0.6) is 0 Å². The van der Waals surface area contributed by atoms with Crippen molar-refractivity contribution in [3.8, 4) is 0 Å². The molecular formula is C14H14F10O. The molecule has 1 nitrogen and oxygen atoms in total. The Morgan fingerprint density at radius 3 is 1.52 bits per heavy atom. The van der Waals surface area contributed by atoms with Gasteiger partial charge in [-0.2, -0.15) is 43.9 Å². The zero-order valence-electron chi connectivity index (χ0n) is 12.4. The molecule has 0 aromatic heterocycles. The minimum atomic E-state index is -6.79. The van der Waals surface area contributed by atoms with Crippen molar-refractivity contribution in [1.82, 2.24) is 0 Å². The number of halogens is 10. The number of rotatable bonds is 4. The van der Waals surface area contributed by atoms with E-state index >= 15 is 0 Å². The van der Waals surface area contributed by atoms with Crippen molar-refractivity contribution in [2.24, 2.45) is 23.7 Å². The van der Waals surface area contributed by atoms with Gasteiger partial charge in [-0.25, -0.2) is 0 Å². The zero-order chi connectivity index (χ0) is 19.6. The van der Waals surface area contributed by atoms with Crippen LogP contribution in [0.1, 0.15) is 19.3 Å². The number of alkyl halides is 10.